The summed E-state index contributed by atoms with van der Waals surface area (Å²) in [5.41, 5.74) is 5.82. The number of benzene rings is 1. The molecule has 1 saturated heterocycles. The molecule has 1 aromatic heterocycles. The van der Waals surface area contributed by atoms with E-state index in [1.807, 2.05) is 30.3 Å². The van der Waals surface area contributed by atoms with Crippen LogP contribution >= 0.6 is 0 Å². The van der Waals surface area contributed by atoms with Gasteiger partial charge >= 0.3 is 5.69 Å². The lowest BCUT2D eigenvalue weighted by Crippen LogP contribution is -3.14. The third-order valence-corrected chi connectivity index (χ3v) is 4.86. The minimum absolute atomic E-state index is 0.0591. The normalized spacial score (nSPS) is 15.0. The summed E-state index contributed by atoms with van der Waals surface area (Å²) in [6, 6.07) is 9.34. The van der Waals surface area contributed by atoms with Gasteiger partial charge in [-0.25, -0.2) is 4.79 Å². The first-order valence-electron chi connectivity index (χ1n) is 9.14. The Morgan fingerprint density at radius 2 is 1.81 bits per heavy atom. The number of hydrogen-bond acceptors (Lipinski definition) is 5. The van der Waals surface area contributed by atoms with Gasteiger partial charge in [0.1, 0.15) is 31.0 Å². The van der Waals surface area contributed by atoms with E-state index in [2.05, 4.69) is 0 Å². The Morgan fingerprint density at radius 3 is 2.44 bits per heavy atom. The molecule has 0 aliphatic carbocycles. The van der Waals surface area contributed by atoms with Gasteiger partial charge in [0.25, 0.3) is 5.56 Å². The third kappa shape index (κ3) is 4.01. The summed E-state index contributed by atoms with van der Waals surface area (Å²) in [5.74, 6) is -0.394. The van der Waals surface area contributed by atoms with Crippen LogP contribution in [0.4, 0.5) is 5.82 Å². The van der Waals surface area contributed by atoms with E-state index in [-0.39, 0.29) is 36.8 Å². The maximum atomic E-state index is 12.9. The fraction of sp³-hybridized carbons (Fsp3) is 0.421. The van der Waals surface area contributed by atoms with Crippen molar-refractivity contribution in [3.63, 3.8) is 0 Å². The molecule has 0 amide bonds. The molecule has 2 aromatic rings. The number of carbonyl (C=O) groups is 1. The highest BCUT2D eigenvalue weighted by atomic mass is 16.5. The van der Waals surface area contributed by atoms with Crippen molar-refractivity contribution >= 4 is 11.6 Å². The van der Waals surface area contributed by atoms with Gasteiger partial charge in [-0.05, 0) is 12.5 Å². The van der Waals surface area contributed by atoms with Gasteiger partial charge in [0.05, 0.1) is 19.8 Å². The molecule has 0 radical (unpaired) electrons. The number of rotatable bonds is 6. The van der Waals surface area contributed by atoms with E-state index < -0.39 is 11.2 Å². The molecule has 0 spiro atoms. The number of ether oxygens (including phenoxy) is 1. The molecule has 1 aromatic carbocycles. The Bertz CT molecular complexity index is 927. The predicted molar refractivity (Wildman–Crippen MR) is 101 cm³/mol. The van der Waals surface area contributed by atoms with E-state index >= 15 is 0 Å². The molecule has 0 saturated carbocycles. The molecule has 8 heteroatoms. The van der Waals surface area contributed by atoms with E-state index in [0.717, 1.165) is 15.0 Å². The molecule has 1 aliphatic heterocycles. The number of nitrogens with two attached hydrogens (primary N) is 1. The number of hydrogen-bond donors (Lipinski definition) is 2. The fourth-order valence-electron chi connectivity index (χ4n) is 3.33. The van der Waals surface area contributed by atoms with Crippen molar-refractivity contribution in [2.24, 2.45) is 0 Å². The van der Waals surface area contributed by atoms with Gasteiger partial charge in [0.2, 0.25) is 5.78 Å². The molecule has 1 fully saturated rings. The van der Waals surface area contributed by atoms with E-state index in [0.29, 0.717) is 26.3 Å². The number of nitrogens with one attached hydrogen (secondary N) is 1. The number of nitrogen functional groups attached to an aromatic ring is 1. The lowest BCUT2D eigenvalue weighted by atomic mass is 10.1. The molecular weight excluding hydrogens is 348 g/mol. The highest BCUT2D eigenvalue weighted by Crippen LogP contribution is 2.09. The lowest BCUT2D eigenvalue weighted by Gasteiger charge is -2.23. The van der Waals surface area contributed by atoms with E-state index in [4.69, 9.17) is 10.5 Å². The number of nitrogens with zero attached hydrogens (tertiary/aromatic N) is 2. The van der Waals surface area contributed by atoms with Crippen molar-refractivity contribution in [1.82, 2.24) is 9.13 Å². The quantitative estimate of drug-likeness (QED) is 0.617. The molecule has 0 unspecified atom stereocenters. The van der Waals surface area contributed by atoms with Crippen molar-refractivity contribution in [2.45, 2.75) is 20.0 Å². The third-order valence-electron chi connectivity index (χ3n) is 4.86. The van der Waals surface area contributed by atoms with Crippen molar-refractivity contribution in [3.8, 4) is 0 Å². The minimum atomic E-state index is -0.609. The van der Waals surface area contributed by atoms with Gasteiger partial charge < -0.3 is 15.4 Å². The largest absolute Gasteiger partial charge is 0.384 e. The number of anilines is 1. The van der Waals surface area contributed by atoms with Gasteiger partial charge in [0, 0.05) is 6.54 Å². The number of ketones is 1. The predicted octanol–water partition coefficient (Wildman–Crippen LogP) is -1.24. The van der Waals surface area contributed by atoms with E-state index in [9.17, 15) is 14.4 Å². The summed E-state index contributed by atoms with van der Waals surface area (Å²) in [6.07, 6.45) is 0. The van der Waals surface area contributed by atoms with E-state index in [1.165, 1.54) is 4.57 Å². The van der Waals surface area contributed by atoms with Crippen LogP contribution < -0.4 is 21.9 Å². The van der Waals surface area contributed by atoms with Gasteiger partial charge in [0.15, 0.2) is 0 Å². The molecule has 0 bridgehead atoms. The van der Waals surface area contributed by atoms with Crippen LogP contribution in [0.1, 0.15) is 22.8 Å². The second-order valence-electron chi connectivity index (χ2n) is 6.63. The first-order valence-corrected chi connectivity index (χ1v) is 9.14. The van der Waals surface area contributed by atoms with Gasteiger partial charge in [-0.15, -0.1) is 0 Å². The van der Waals surface area contributed by atoms with Crippen molar-refractivity contribution in [3.05, 3.63) is 62.3 Å². The Balaban J connectivity index is 2.02. The van der Waals surface area contributed by atoms with Gasteiger partial charge in [-0.3, -0.25) is 18.7 Å². The highest BCUT2D eigenvalue weighted by Gasteiger charge is 2.26. The zero-order valence-electron chi connectivity index (χ0n) is 15.4. The summed E-state index contributed by atoms with van der Waals surface area (Å²) in [5, 5.41) is 0. The van der Waals surface area contributed by atoms with Gasteiger partial charge in [-0.2, -0.15) is 0 Å². The van der Waals surface area contributed by atoms with Crippen LogP contribution in [-0.2, 0) is 17.8 Å². The van der Waals surface area contributed by atoms with Crippen LogP contribution in [0, 0.1) is 0 Å². The SMILES string of the molecule is CCn1c(=O)c(C(=O)C[NH+]2CCOCC2)c(N)n(Cc2ccccc2)c1=O. The number of carbonyl (C=O) groups excluding carboxylic acids is 1. The molecule has 0 atom stereocenters. The van der Waals surface area contributed by atoms with Crippen LogP contribution in [0.5, 0.6) is 0 Å². The lowest BCUT2D eigenvalue weighted by molar-refractivity contribution is -0.899. The Labute approximate surface area is 156 Å². The maximum absolute atomic E-state index is 12.9. The number of morpholine rings is 1. The van der Waals surface area contributed by atoms with Crippen molar-refractivity contribution in [2.75, 3.05) is 38.6 Å². The Kier molecular flexibility index (Phi) is 5.88. The molecule has 27 heavy (non-hydrogen) atoms. The maximum Gasteiger partial charge on any atom is 0.332 e. The number of aromatic nitrogens is 2. The summed E-state index contributed by atoms with van der Waals surface area (Å²) in [4.78, 5) is 39.4. The molecular formula is C19H25N4O4+. The molecule has 3 N–H and O–H groups in total. The van der Waals surface area contributed by atoms with Crippen molar-refractivity contribution < 1.29 is 14.4 Å². The molecule has 1 aliphatic rings. The second kappa shape index (κ2) is 8.32. The second-order valence-corrected chi connectivity index (χ2v) is 6.63. The van der Waals surface area contributed by atoms with Gasteiger partial charge in [-0.1, -0.05) is 30.3 Å². The Morgan fingerprint density at radius 1 is 1.15 bits per heavy atom. The number of Topliss-reactive ketones (excluding diaryl/α,β-unsaturated/α-hetero) is 1. The fourth-order valence-corrected chi connectivity index (χ4v) is 3.33. The first kappa shape index (κ1) is 19.1. The number of quaternary nitrogens is 1. The monoisotopic (exact) mass is 373 g/mol. The summed E-state index contributed by atoms with van der Waals surface area (Å²) in [6.45, 7) is 4.83. The van der Waals surface area contributed by atoms with Crippen LogP contribution in [0.15, 0.2) is 39.9 Å². The summed E-state index contributed by atoms with van der Waals surface area (Å²) in [7, 11) is 0. The molecule has 3 rings (SSSR count). The Hall–Kier alpha value is -2.71. The zero-order chi connectivity index (χ0) is 19.4. The van der Waals surface area contributed by atoms with Crippen LogP contribution in [0.3, 0.4) is 0 Å². The average molecular weight is 373 g/mol. The summed E-state index contributed by atoms with van der Waals surface area (Å²) < 4.78 is 7.68. The van der Waals surface area contributed by atoms with Crippen LogP contribution in [-0.4, -0.2) is 47.8 Å². The van der Waals surface area contributed by atoms with Crippen LogP contribution in [0.25, 0.3) is 0 Å². The van der Waals surface area contributed by atoms with Crippen LogP contribution in [0.2, 0.25) is 0 Å². The smallest absolute Gasteiger partial charge is 0.332 e. The van der Waals surface area contributed by atoms with E-state index in [1.54, 1.807) is 6.92 Å². The standard InChI is InChI=1S/C19H24N4O4/c1-2-22-18(25)16(15(24)13-21-8-10-27-11-9-21)17(20)23(19(22)26)12-14-6-4-3-5-7-14/h3-7H,2,8-13,20H2,1H3/p+1. The first-order chi connectivity index (χ1) is 13.0. The molecule has 8 nitrogen and oxygen atoms in total. The van der Waals surface area contributed by atoms with Crippen molar-refractivity contribution in [1.29, 1.82) is 0 Å². The summed E-state index contributed by atoms with van der Waals surface area (Å²) >= 11 is 0. The minimum Gasteiger partial charge on any atom is -0.384 e. The molecule has 2 heterocycles. The zero-order valence-corrected chi connectivity index (χ0v) is 15.4. The molecule has 144 valence electrons. The highest BCUT2D eigenvalue weighted by molar-refractivity contribution is 6.00. The average Bonchev–Trinajstić information content (AvgIpc) is 2.67. The topological polar surface area (TPSA) is 101 Å².